The van der Waals surface area contributed by atoms with Crippen molar-refractivity contribution in [2.24, 2.45) is 0 Å². The first kappa shape index (κ1) is 16.8. The SMILES string of the molecule is CC.COc1ccc(N(C)CC(=O)O)c(OC=O)c1. The van der Waals surface area contributed by atoms with E-state index in [1.807, 2.05) is 13.8 Å². The number of ether oxygens (including phenoxy) is 2. The van der Waals surface area contributed by atoms with Gasteiger partial charge in [0.25, 0.3) is 6.47 Å². The van der Waals surface area contributed by atoms with Crippen molar-refractivity contribution in [2.45, 2.75) is 13.8 Å². The van der Waals surface area contributed by atoms with E-state index in [1.54, 1.807) is 19.2 Å². The number of likely N-dealkylation sites (N-methyl/N-ethyl adjacent to an activating group) is 1. The van der Waals surface area contributed by atoms with Crippen LogP contribution in [0.4, 0.5) is 5.69 Å². The normalized spacial score (nSPS) is 8.84. The summed E-state index contributed by atoms with van der Waals surface area (Å²) in [5.41, 5.74) is 0.500. The van der Waals surface area contributed by atoms with E-state index in [1.165, 1.54) is 18.1 Å². The van der Waals surface area contributed by atoms with Gasteiger partial charge in [-0.2, -0.15) is 0 Å². The average molecular weight is 269 g/mol. The molecular weight excluding hydrogens is 250 g/mol. The molecule has 0 aliphatic rings. The molecule has 0 heterocycles. The topological polar surface area (TPSA) is 76.1 Å². The maximum absolute atomic E-state index is 10.6. The smallest absolute Gasteiger partial charge is 0.323 e. The van der Waals surface area contributed by atoms with Gasteiger partial charge in [0, 0.05) is 13.1 Å². The molecule has 0 atom stereocenters. The Morgan fingerprint density at radius 3 is 2.53 bits per heavy atom. The van der Waals surface area contributed by atoms with Crippen LogP contribution in [0.1, 0.15) is 13.8 Å². The van der Waals surface area contributed by atoms with Gasteiger partial charge in [0.05, 0.1) is 12.8 Å². The third-order valence-electron chi connectivity index (χ3n) is 2.13. The highest BCUT2D eigenvalue weighted by Crippen LogP contribution is 2.31. The first-order valence-corrected chi connectivity index (χ1v) is 5.79. The maximum atomic E-state index is 10.6. The lowest BCUT2D eigenvalue weighted by Gasteiger charge is -2.19. The number of nitrogens with zero attached hydrogens (tertiary/aromatic N) is 1. The van der Waals surface area contributed by atoms with Crippen LogP contribution < -0.4 is 14.4 Å². The van der Waals surface area contributed by atoms with Crippen molar-refractivity contribution in [3.8, 4) is 11.5 Å². The molecule has 0 unspecified atom stereocenters. The molecule has 19 heavy (non-hydrogen) atoms. The lowest BCUT2D eigenvalue weighted by Crippen LogP contribution is -2.25. The van der Waals surface area contributed by atoms with Crippen molar-refractivity contribution in [3.63, 3.8) is 0 Å². The molecule has 0 saturated heterocycles. The van der Waals surface area contributed by atoms with Gasteiger partial charge in [0.15, 0.2) is 5.75 Å². The zero-order valence-corrected chi connectivity index (χ0v) is 11.5. The van der Waals surface area contributed by atoms with Crippen molar-refractivity contribution in [2.75, 3.05) is 25.6 Å². The molecule has 106 valence electrons. The fourth-order valence-electron chi connectivity index (χ4n) is 1.37. The Balaban J connectivity index is 0.00000154. The third kappa shape index (κ3) is 5.29. The molecule has 0 bridgehead atoms. The number of rotatable bonds is 6. The van der Waals surface area contributed by atoms with Crippen LogP contribution in [0.3, 0.4) is 0 Å². The van der Waals surface area contributed by atoms with Crippen LogP contribution >= 0.6 is 0 Å². The van der Waals surface area contributed by atoms with E-state index in [9.17, 15) is 9.59 Å². The van der Waals surface area contributed by atoms with Gasteiger partial charge in [-0.05, 0) is 12.1 Å². The van der Waals surface area contributed by atoms with Crippen LogP contribution in [0, 0.1) is 0 Å². The Hall–Kier alpha value is -2.24. The van der Waals surface area contributed by atoms with E-state index < -0.39 is 5.97 Å². The number of anilines is 1. The number of hydrogen-bond acceptors (Lipinski definition) is 5. The Morgan fingerprint density at radius 2 is 2.05 bits per heavy atom. The molecule has 0 fully saturated rings. The van der Waals surface area contributed by atoms with E-state index in [0.29, 0.717) is 11.4 Å². The minimum Gasteiger partial charge on any atom is -0.497 e. The first-order valence-electron chi connectivity index (χ1n) is 5.79. The molecule has 6 nitrogen and oxygen atoms in total. The summed E-state index contributed by atoms with van der Waals surface area (Å²) < 4.78 is 9.77. The molecule has 0 saturated carbocycles. The van der Waals surface area contributed by atoms with Crippen molar-refractivity contribution in [3.05, 3.63) is 18.2 Å². The summed E-state index contributed by atoms with van der Waals surface area (Å²) in [6, 6.07) is 4.80. The number of carboxylic acids is 1. The molecule has 6 heteroatoms. The number of benzene rings is 1. The second-order valence-corrected chi connectivity index (χ2v) is 3.30. The molecule has 0 aliphatic carbocycles. The Bertz CT molecular complexity index is 419. The maximum Gasteiger partial charge on any atom is 0.323 e. The molecular formula is C13H19NO5. The number of carbonyl (C=O) groups is 2. The van der Waals surface area contributed by atoms with Gasteiger partial charge >= 0.3 is 5.97 Å². The zero-order valence-electron chi connectivity index (χ0n) is 11.5. The fourth-order valence-corrected chi connectivity index (χ4v) is 1.37. The summed E-state index contributed by atoms with van der Waals surface area (Å²) in [7, 11) is 3.08. The van der Waals surface area contributed by atoms with Gasteiger partial charge < -0.3 is 19.5 Å². The fraction of sp³-hybridized carbons (Fsp3) is 0.385. The van der Waals surface area contributed by atoms with Gasteiger partial charge in [-0.1, -0.05) is 13.8 Å². The first-order chi connectivity index (χ1) is 9.08. The molecule has 0 radical (unpaired) electrons. The highest BCUT2D eigenvalue weighted by Gasteiger charge is 2.12. The lowest BCUT2D eigenvalue weighted by atomic mass is 10.2. The largest absolute Gasteiger partial charge is 0.497 e. The second kappa shape index (κ2) is 8.79. The lowest BCUT2D eigenvalue weighted by molar-refractivity contribution is -0.135. The number of carboxylic acid groups (broad SMARTS) is 1. The van der Waals surface area contributed by atoms with Gasteiger partial charge in [-0.25, -0.2) is 0 Å². The van der Waals surface area contributed by atoms with Crippen LogP contribution in [0.5, 0.6) is 11.5 Å². The number of carbonyl (C=O) groups excluding carboxylic acids is 1. The summed E-state index contributed by atoms with van der Waals surface area (Å²) in [6.07, 6.45) is 0. The van der Waals surface area contributed by atoms with Crippen LogP contribution in [0.15, 0.2) is 18.2 Å². The molecule has 0 amide bonds. The number of methoxy groups -OCH3 is 1. The van der Waals surface area contributed by atoms with Crippen molar-refractivity contribution in [1.29, 1.82) is 0 Å². The predicted octanol–water partition coefficient (Wildman–Crippen LogP) is 1.78. The molecule has 0 aliphatic heterocycles. The highest BCUT2D eigenvalue weighted by molar-refractivity contribution is 5.75. The predicted molar refractivity (Wildman–Crippen MR) is 71.9 cm³/mol. The summed E-state index contributed by atoms with van der Waals surface area (Å²) in [5, 5.41) is 8.69. The van der Waals surface area contributed by atoms with Crippen molar-refractivity contribution < 1.29 is 24.2 Å². The summed E-state index contributed by atoms with van der Waals surface area (Å²) in [4.78, 5) is 22.4. The van der Waals surface area contributed by atoms with Gasteiger partial charge in [0.2, 0.25) is 0 Å². The highest BCUT2D eigenvalue weighted by atomic mass is 16.5. The van der Waals surface area contributed by atoms with Crippen LogP contribution in [0.25, 0.3) is 0 Å². The average Bonchev–Trinajstić information content (AvgIpc) is 2.40. The summed E-state index contributed by atoms with van der Waals surface area (Å²) in [6.45, 7) is 4.09. The summed E-state index contributed by atoms with van der Waals surface area (Å²) >= 11 is 0. The molecule has 1 rings (SSSR count). The van der Waals surface area contributed by atoms with E-state index in [4.69, 9.17) is 14.6 Å². The third-order valence-corrected chi connectivity index (χ3v) is 2.13. The second-order valence-electron chi connectivity index (χ2n) is 3.30. The van der Waals surface area contributed by atoms with Crippen molar-refractivity contribution in [1.82, 2.24) is 0 Å². The van der Waals surface area contributed by atoms with E-state index >= 15 is 0 Å². The van der Waals surface area contributed by atoms with Crippen LogP contribution in [0.2, 0.25) is 0 Å². The minimum atomic E-state index is -0.972. The standard InChI is InChI=1S/C11H13NO5.C2H6/c1-12(6-11(14)15)9-4-3-8(16-2)5-10(9)17-7-13;1-2/h3-5,7H,6H2,1-2H3,(H,14,15);1-2H3. The van der Waals surface area contributed by atoms with Gasteiger partial charge in [0.1, 0.15) is 12.3 Å². The quantitative estimate of drug-likeness (QED) is 0.793. The number of hydrogen-bond donors (Lipinski definition) is 1. The molecule has 0 aromatic heterocycles. The van der Waals surface area contributed by atoms with E-state index in [-0.39, 0.29) is 18.8 Å². The van der Waals surface area contributed by atoms with E-state index in [2.05, 4.69) is 0 Å². The Labute approximate surface area is 112 Å². The number of aliphatic carboxylic acids is 1. The molecule has 0 spiro atoms. The molecule has 1 aromatic rings. The van der Waals surface area contributed by atoms with Crippen LogP contribution in [-0.4, -0.2) is 38.3 Å². The monoisotopic (exact) mass is 269 g/mol. The van der Waals surface area contributed by atoms with E-state index in [0.717, 1.165) is 0 Å². The molecule has 1 N–H and O–H groups in total. The Kier molecular flexibility index (Phi) is 7.76. The zero-order chi connectivity index (χ0) is 14.8. The Morgan fingerprint density at radius 1 is 1.42 bits per heavy atom. The molecule has 1 aromatic carbocycles. The van der Waals surface area contributed by atoms with Gasteiger partial charge in [-0.3, -0.25) is 9.59 Å². The minimum absolute atomic E-state index is 0.193. The van der Waals surface area contributed by atoms with Crippen LogP contribution in [-0.2, 0) is 9.59 Å². The van der Waals surface area contributed by atoms with Crippen molar-refractivity contribution >= 4 is 18.1 Å². The summed E-state index contributed by atoms with van der Waals surface area (Å²) in [5.74, 6) is -0.196. The van der Waals surface area contributed by atoms with Gasteiger partial charge in [-0.15, -0.1) is 0 Å².